The summed E-state index contributed by atoms with van der Waals surface area (Å²) in [5.41, 5.74) is 2.01. The molecule has 106 valence electrons. The largest absolute Gasteiger partial charge is 0.487 e. The average Bonchev–Trinajstić information content (AvgIpc) is 2.88. The number of H-pyrrole nitrogens is 1. The highest BCUT2D eigenvalue weighted by molar-refractivity contribution is 6.32. The quantitative estimate of drug-likeness (QED) is 0.762. The van der Waals surface area contributed by atoms with E-state index in [1.807, 2.05) is 18.3 Å². The Kier molecular flexibility index (Phi) is 3.54. The number of aromatic carboxylic acids is 1. The first-order chi connectivity index (χ1) is 10.1. The average molecular weight is 302 g/mol. The summed E-state index contributed by atoms with van der Waals surface area (Å²) in [6.07, 6.45) is 1.81. The Labute approximate surface area is 125 Å². The Morgan fingerprint density at radius 3 is 2.81 bits per heavy atom. The molecular formula is C16H12ClNO3. The minimum Gasteiger partial charge on any atom is -0.487 e. The number of ether oxygens (including phenoxy) is 1. The van der Waals surface area contributed by atoms with Crippen molar-refractivity contribution in [3.8, 4) is 5.75 Å². The van der Waals surface area contributed by atoms with E-state index in [4.69, 9.17) is 21.4 Å². The van der Waals surface area contributed by atoms with Crippen molar-refractivity contribution in [3.63, 3.8) is 0 Å². The van der Waals surface area contributed by atoms with Gasteiger partial charge < -0.3 is 14.8 Å². The zero-order valence-electron chi connectivity index (χ0n) is 11.0. The number of carbonyl (C=O) groups is 1. The highest BCUT2D eigenvalue weighted by atomic mass is 35.5. The number of para-hydroxylation sites is 1. The first-order valence-corrected chi connectivity index (χ1v) is 6.73. The molecule has 2 aromatic carbocycles. The molecule has 0 fully saturated rings. The van der Waals surface area contributed by atoms with Crippen molar-refractivity contribution >= 4 is 28.5 Å². The molecule has 5 heteroatoms. The standard InChI is InChI=1S/C16H12ClNO3/c17-13-3-1-2-4-15(13)21-9-11-8-18-14-6-5-10(16(19)20)7-12(11)14/h1-8,18H,9H2,(H,19,20). The van der Waals surface area contributed by atoms with E-state index in [2.05, 4.69) is 4.98 Å². The Hall–Kier alpha value is -2.46. The molecule has 0 spiro atoms. The molecule has 0 unspecified atom stereocenters. The van der Waals surface area contributed by atoms with E-state index in [1.54, 1.807) is 30.3 Å². The second-order valence-electron chi connectivity index (χ2n) is 4.60. The number of carboxylic acids is 1. The molecule has 0 aliphatic heterocycles. The molecule has 1 aromatic heterocycles. The van der Waals surface area contributed by atoms with E-state index in [0.29, 0.717) is 17.4 Å². The molecule has 0 atom stereocenters. The lowest BCUT2D eigenvalue weighted by atomic mass is 10.1. The second-order valence-corrected chi connectivity index (χ2v) is 5.01. The molecule has 0 bridgehead atoms. The van der Waals surface area contributed by atoms with Crippen LogP contribution in [0.2, 0.25) is 5.02 Å². The maximum Gasteiger partial charge on any atom is 0.335 e. The third-order valence-corrected chi connectivity index (χ3v) is 3.55. The van der Waals surface area contributed by atoms with Crippen LogP contribution in [0, 0.1) is 0 Å². The van der Waals surface area contributed by atoms with Gasteiger partial charge in [0.15, 0.2) is 0 Å². The number of aromatic nitrogens is 1. The fourth-order valence-electron chi connectivity index (χ4n) is 2.15. The summed E-state index contributed by atoms with van der Waals surface area (Å²) in [7, 11) is 0. The lowest BCUT2D eigenvalue weighted by molar-refractivity contribution is 0.0697. The Balaban J connectivity index is 1.89. The summed E-state index contributed by atoms with van der Waals surface area (Å²) >= 11 is 6.04. The van der Waals surface area contributed by atoms with Gasteiger partial charge in [-0.15, -0.1) is 0 Å². The van der Waals surface area contributed by atoms with Gasteiger partial charge >= 0.3 is 5.97 Å². The van der Waals surface area contributed by atoms with Crippen molar-refractivity contribution in [3.05, 3.63) is 64.8 Å². The molecule has 0 radical (unpaired) electrons. The molecule has 4 nitrogen and oxygen atoms in total. The summed E-state index contributed by atoms with van der Waals surface area (Å²) < 4.78 is 5.69. The molecule has 21 heavy (non-hydrogen) atoms. The first-order valence-electron chi connectivity index (χ1n) is 6.36. The van der Waals surface area contributed by atoms with Gasteiger partial charge in [0.05, 0.1) is 10.6 Å². The van der Waals surface area contributed by atoms with Gasteiger partial charge in [-0.1, -0.05) is 23.7 Å². The zero-order chi connectivity index (χ0) is 14.8. The molecule has 0 aliphatic rings. The second kappa shape index (κ2) is 5.50. The zero-order valence-corrected chi connectivity index (χ0v) is 11.7. The van der Waals surface area contributed by atoms with Crippen LogP contribution in [0.4, 0.5) is 0 Å². The number of hydrogen-bond acceptors (Lipinski definition) is 2. The number of carboxylic acid groups (broad SMARTS) is 1. The topological polar surface area (TPSA) is 62.3 Å². The summed E-state index contributed by atoms with van der Waals surface area (Å²) in [6.45, 7) is 0.312. The van der Waals surface area contributed by atoms with E-state index >= 15 is 0 Å². The lowest BCUT2D eigenvalue weighted by Crippen LogP contribution is -1.97. The number of fused-ring (bicyclic) bond motifs is 1. The van der Waals surface area contributed by atoms with Crippen molar-refractivity contribution in [2.45, 2.75) is 6.61 Å². The van der Waals surface area contributed by atoms with Crippen LogP contribution in [0.1, 0.15) is 15.9 Å². The lowest BCUT2D eigenvalue weighted by Gasteiger charge is -2.07. The Bertz CT molecular complexity index is 810. The van der Waals surface area contributed by atoms with Gasteiger partial charge in [0.1, 0.15) is 12.4 Å². The Morgan fingerprint density at radius 2 is 2.05 bits per heavy atom. The van der Waals surface area contributed by atoms with Crippen LogP contribution in [0.5, 0.6) is 5.75 Å². The summed E-state index contributed by atoms with van der Waals surface area (Å²) in [6, 6.07) is 12.2. The van der Waals surface area contributed by atoms with Crippen LogP contribution in [0.25, 0.3) is 10.9 Å². The smallest absolute Gasteiger partial charge is 0.335 e. The molecule has 3 rings (SSSR count). The van der Waals surface area contributed by atoms with Crippen molar-refractivity contribution in [1.29, 1.82) is 0 Å². The van der Waals surface area contributed by atoms with E-state index in [0.717, 1.165) is 16.5 Å². The monoisotopic (exact) mass is 301 g/mol. The van der Waals surface area contributed by atoms with Crippen LogP contribution in [0.15, 0.2) is 48.7 Å². The third kappa shape index (κ3) is 2.71. The van der Waals surface area contributed by atoms with Gasteiger partial charge in [0.2, 0.25) is 0 Å². The van der Waals surface area contributed by atoms with Gasteiger partial charge in [-0.2, -0.15) is 0 Å². The number of aromatic amines is 1. The summed E-state index contributed by atoms with van der Waals surface area (Å²) in [4.78, 5) is 14.1. The Morgan fingerprint density at radius 1 is 1.24 bits per heavy atom. The highest BCUT2D eigenvalue weighted by Gasteiger charge is 2.09. The SMILES string of the molecule is O=C(O)c1ccc2[nH]cc(COc3ccccc3Cl)c2c1. The van der Waals surface area contributed by atoms with E-state index in [-0.39, 0.29) is 5.56 Å². The summed E-state index contributed by atoms with van der Waals surface area (Å²) in [5, 5.41) is 10.4. The van der Waals surface area contributed by atoms with Crippen molar-refractivity contribution < 1.29 is 14.6 Å². The van der Waals surface area contributed by atoms with Crippen LogP contribution in [-0.4, -0.2) is 16.1 Å². The van der Waals surface area contributed by atoms with Gasteiger partial charge in [-0.3, -0.25) is 0 Å². The fraction of sp³-hybridized carbons (Fsp3) is 0.0625. The van der Waals surface area contributed by atoms with Crippen LogP contribution in [0.3, 0.4) is 0 Å². The molecule has 0 saturated carbocycles. The van der Waals surface area contributed by atoms with Gasteiger partial charge in [-0.05, 0) is 30.3 Å². The predicted molar refractivity (Wildman–Crippen MR) is 81.0 cm³/mol. The molecule has 0 aliphatic carbocycles. The molecule has 0 saturated heterocycles. The van der Waals surface area contributed by atoms with Crippen LogP contribution < -0.4 is 4.74 Å². The molecule has 3 aromatic rings. The molecule has 0 amide bonds. The molecular weight excluding hydrogens is 290 g/mol. The maximum absolute atomic E-state index is 11.0. The number of hydrogen-bond donors (Lipinski definition) is 2. The van der Waals surface area contributed by atoms with Gasteiger partial charge in [-0.25, -0.2) is 4.79 Å². The number of nitrogens with one attached hydrogen (secondary N) is 1. The van der Waals surface area contributed by atoms with Crippen molar-refractivity contribution in [2.75, 3.05) is 0 Å². The fourth-order valence-corrected chi connectivity index (χ4v) is 2.34. The minimum atomic E-state index is -0.948. The van der Waals surface area contributed by atoms with Crippen LogP contribution in [-0.2, 0) is 6.61 Å². The van der Waals surface area contributed by atoms with Crippen molar-refractivity contribution in [2.24, 2.45) is 0 Å². The van der Waals surface area contributed by atoms with E-state index < -0.39 is 5.97 Å². The van der Waals surface area contributed by atoms with Crippen molar-refractivity contribution in [1.82, 2.24) is 4.98 Å². The number of halogens is 1. The van der Waals surface area contributed by atoms with E-state index in [1.165, 1.54) is 0 Å². The normalized spacial score (nSPS) is 10.7. The predicted octanol–water partition coefficient (Wildman–Crippen LogP) is 4.10. The molecule has 2 N–H and O–H groups in total. The van der Waals surface area contributed by atoms with Crippen LogP contribution >= 0.6 is 11.6 Å². The maximum atomic E-state index is 11.0. The summed E-state index contributed by atoms with van der Waals surface area (Å²) in [5.74, 6) is -0.348. The molecule has 1 heterocycles. The van der Waals surface area contributed by atoms with Gasteiger partial charge in [0.25, 0.3) is 0 Å². The first kappa shape index (κ1) is 13.5. The van der Waals surface area contributed by atoms with Gasteiger partial charge in [0, 0.05) is 22.7 Å². The number of benzene rings is 2. The number of rotatable bonds is 4. The third-order valence-electron chi connectivity index (χ3n) is 3.23. The highest BCUT2D eigenvalue weighted by Crippen LogP contribution is 2.26. The minimum absolute atomic E-state index is 0.251. The van der Waals surface area contributed by atoms with E-state index in [9.17, 15) is 4.79 Å².